The van der Waals surface area contributed by atoms with Gasteiger partial charge in [-0.1, -0.05) is 17.7 Å². The lowest BCUT2D eigenvalue weighted by Crippen LogP contribution is -2.15. The number of nitrogens with one attached hydrogen (secondary N) is 1. The monoisotopic (exact) mass is 333 g/mol. The summed E-state index contributed by atoms with van der Waals surface area (Å²) in [6, 6.07) is 6.52. The van der Waals surface area contributed by atoms with E-state index in [1.807, 2.05) is 4.72 Å². The number of rotatable bonds is 4. The Balaban J connectivity index is 2.38. The van der Waals surface area contributed by atoms with Crippen molar-refractivity contribution in [2.75, 3.05) is 4.72 Å². The van der Waals surface area contributed by atoms with E-state index < -0.39 is 33.2 Å². The van der Waals surface area contributed by atoms with Crippen LogP contribution in [0.2, 0.25) is 5.02 Å². The summed E-state index contributed by atoms with van der Waals surface area (Å²) < 4.78 is 53.4. The Morgan fingerprint density at radius 3 is 2.38 bits per heavy atom. The molecule has 2 aromatic carbocycles. The number of benzene rings is 2. The molecule has 0 aliphatic heterocycles. The van der Waals surface area contributed by atoms with Crippen LogP contribution in [-0.2, 0) is 16.6 Å². The number of anilines is 1. The molecule has 0 unspecified atom stereocenters. The first-order valence-corrected chi connectivity index (χ1v) is 7.57. The zero-order valence-corrected chi connectivity index (χ0v) is 12.0. The van der Waals surface area contributed by atoms with Crippen molar-refractivity contribution >= 4 is 27.3 Å². The molecule has 2 aromatic rings. The summed E-state index contributed by atoms with van der Waals surface area (Å²) in [7, 11) is -4.29. The maximum Gasteiger partial charge on any atom is 0.264 e. The van der Waals surface area contributed by atoms with Crippen LogP contribution in [0.25, 0.3) is 0 Å². The standard InChI is InChI=1S/C13H10ClF2NO3S/c14-9-2-3-12(10(15)6-9)17-21(19,20)13-4-1-8(7-18)5-11(13)16/h1-6,17-18H,7H2. The van der Waals surface area contributed by atoms with Crippen LogP contribution in [0.5, 0.6) is 0 Å². The Morgan fingerprint density at radius 1 is 1.10 bits per heavy atom. The lowest BCUT2D eigenvalue weighted by Gasteiger charge is -2.10. The Labute approximate surface area is 125 Å². The number of sulfonamides is 1. The fourth-order valence-corrected chi connectivity index (χ4v) is 2.92. The minimum Gasteiger partial charge on any atom is -0.392 e. The molecule has 0 aliphatic carbocycles. The molecule has 21 heavy (non-hydrogen) atoms. The van der Waals surface area contributed by atoms with E-state index in [-0.39, 0.29) is 16.3 Å². The number of aliphatic hydroxyl groups excluding tert-OH is 1. The number of hydrogen-bond donors (Lipinski definition) is 2. The molecule has 4 nitrogen and oxygen atoms in total. The molecule has 0 saturated carbocycles. The van der Waals surface area contributed by atoms with E-state index in [1.165, 1.54) is 12.1 Å². The summed E-state index contributed by atoms with van der Waals surface area (Å²) in [6.07, 6.45) is 0. The molecule has 0 aliphatic rings. The van der Waals surface area contributed by atoms with E-state index in [4.69, 9.17) is 16.7 Å². The molecule has 0 amide bonds. The van der Waals surface area contributed by atoms with Crippen LogP contribution in [0, 0.1) is 11.6 Å². The molecule has 2 N–H and O–H groups in total. The molecule has 0 radical (unpaired) electrons. The summed E-state index contributed by atoms with van der Waals surface area (Å²) in [5.74, 6) is -1.91. The van der Waals surface area contributed by atoms with Gasteiger partial charge in [0.15, 0.2) is 0 Å². The molecule has 2 rings (SSSR count). The lowest BCUT2D eigenvalue weighted by atomic mass is 10.2. The third-order valence-corrected chi connectivity index (χ3v) is 4.28. The van der Waals surface area contributed by atoms with Crippen molar-refractivity contribution in [2.45, 2.75) is 11.5 Å². The van der Waals surface area contributed by atoms with Crippen LogP contribution in [-0.4, -0.2) is 13.5 Å². The van der Waals surface area contributed by atoms with E-state index in [0.29, 0.717) is 0 Å². The van der Waals surface area contributed by atoms with Crippen LogP contribution in [0.3, 0.4) is 0 Å². The van der Waals surface area contributed by atoms with Crippen LogP contribution in [0.15, 0.2) is 41.3 Å². The SMILES string of the molecule is O=S(=O)(Nc1ccc(Cl)cc1F)c1ccc(CO)cc1F. The smallest absolute Gasteiger partial charge is 0.264 e. The van der Waals surface area contributed by atoms with Gasteiger partial charge in [0.05, 0.1) is 12.3 Å². The highest BCUT2D eigenvalue weighted by atomic mass is 35.5. The summed E-state index contributed by atoms with van der Waals surface area (Å²) in [6.45, 7) is -0.420. The summed E-state index contributed by atoms with van der Waals surface area (Å²) in [5.41, 5.74) is -0.117. The van der Waals surface area contributed by atoms with E-state index in [2.05, 4.69) is 0 Å². The van der Waals surface area contributed by atoms with Crippen molar-refractivity contribution < 1.29 is 22.3 Å². The predicted octanol–water partition coefficient (Wildman–Crippen LogP) is 2.91. The second-order valence-corrected chi connectivity index (χ2v) is 6.24. The van der Waals surface area contributed by atoms with Crippen molar-refractivity contribution in [3.63, 3.8) is 0 Å². The van der Waals surface area contributed by atoms with E-state index >= 15 is 0 Å². The Hall–Kier alpha value is -1.70. The van der Waals surface area contributed by atoms with Gasteiger partial charge in [-0.15, -0.1) is 0 Å². The Kier molecular flexibility index (Phi) is 4.46. The number of halogens is 3. The Morgan fingerprint density at radius 2 is 1.81 bits per heavy atom. The molecule has 0 atom stereocenters. The van der Waals surface area contributed by atoms with Crippen molar-refractivity contribution in [3.05, 3.63) is 58.6 Å². The van der Waals surface area contributed by atoms with Gasteiger partial charge >= 0.3 is 0 Å². The molecule has 0 saturated heterocycles. The van der Waals surface area contributed by atoms with Crippen LogP contribution in [0.4, 0.5) is 14.5 Å². The van der Waals surface area contributed by atoms with E-state index in [9.17, 15) is 17.2 Å². The van der Waals surface area contributed by atoms with Crippen LogP contribution in [0.1, 0.15) is 5.56 Å². The molecule has 0 bridgehead atoms. The van der Waals surface area contributed by atoms with E-state index in [1.54, 1.807) is 0 Å². The zero-order chi connectivity index (χ0) is 15.6. The van der Waals surface area contributed by atoms with Gasteiger partial charge in [-0.2, -0.15) is 0 Å². The van der Waals surface area contributed by atoms with Crippen molar-refractivity contribution in [1.82, 2.24) is 0 Å². The molecule has 112 valence electrons. The highest BCUT2D eigenvalue weighted by Gasteiger charge is 2.20. The molecule has 0 aromatic heterocycles. The maximum absolute atomic E-state index is 13.8. The normalized spacial score (nSPS) is 11.4. The first-order valence-electron chi connectivity index (χ1n) is 5.70. The van der Waals surface area contributed by atoms with Gasteiger partial charge < -0.3 is 5.11 Å². The average Bonchev–Trinajstić information content (AvgIpc) is 2.41. The summed E-state index contributed by atoms with van der Waals surface area (Å²) in [4.78, 5) is -0.644. The molecular weight excluding hydrogens is 324 g/mol. The molecule has 0 fully saturated rings. The van der Waals surface area contributed by atoms with Gasteiger partial charge in [-0.25, -0.2) is 17.2 Å². The molecular formula is C13H10ClF2NO3S. The summed E-state index contributed by atoms with van der Waals surface area (Å²) in [5, 5.41) is 8.96. The highest BCUT2D eigenvalue weighted by Crippen LogP contribution is 2.23. The van der Waals surface area contributed by atoms with Crippen molar-refractivity contribution in [1.29, 1.82) is 0 Å². The number of hydrogen-bond acceptors (Lipinski definition) is 3. The third-order valence-electron chi connectivity index (χ3n) is 2.64. The van der Waals surface area contributed by atoms with Crippen molar-refractivity contribution in [2.24, 2.45) is 0 Å². The molecule has 8 heteroatoms. The fraction of sp³-hybridized carbons (Fsp3) is 0.0769. The molecule has 0 heterocycles. The third kappa shape index (κ3) is 3.49. The fourth-order valence-electron chi connectivity index (χ4n) is 1.63. The lowest BCUT2D eigenvalue weighted by molar-refractivity contribution is 0.281. The quantitative estimate of drug-likeness (QED) is 0.904. The first-order chi connectivity index (χ1) is 9.83. The second kappa shape index (κ2) is 5.97. The number of aliphatic hydroxyl groups is 1. The maximum atomic E-state index is 13.8. The van der Waals surface area contributed by atoms with Gasteiger partial charge in [-0.3, -0.25) is 4.72 Å². The second-order valence-electron chi connectivity index (χ2n) is 4.15. The largest absolute Gasteiger partial charge is 0.392 e. The predicted molar refractivity (Wildman–Crippen MR) is 74.5 cm³/mol. The topological polar surface area (TPSA) is 66.4 Å². The summed E-state index contributed by atoms with van der Waals surface area (Å²) >= 11 is 5.56. The van der Waals surface area contributed by atoms with Gasteiger partial charge in [-0.05, 0) is 35.9 Å². The van der Waals surface area contributed by atoms with Gasteiger partial charge in [0.1, 0.15) is 16.5 Å². The zero-order valence-electron chi connectivity index (χ0n) is 10.5. The average molecular weight is 334 g/mol. The van der Waals surface area contributed by atoms with Crippen molar-refractivity contribution in [3.8, 4) is 0 Å². The molecule has 0 spiro atoms. The Bertz CT molecular complexity index is 781. The van der Waals surface area contributed by atoms with Crippen LogP contribution < -0.4 is 4.72 Å². The highest BCUT2D eigenvalue weighted by molar-refractivity contribution is 7.92. The van der Waals surface area contributed by atoms with Gasteiger partial charge in [0, 0.05) is 5.02 Å². The van der Waals surface area contributed by atoms with Gasteiger partial charge in [0.25, 0.3) is 10.0 Å². The minimum absolute atomic E-state index is 0.105. The van der Waals surface area contributed by atoms with E-state index in [0.717, 1.165) is 24.3 Å². The first kappa shape index (κ1) is 15.7. The van der Waals surface area contributed by atoms with Gasteiger partial charge in [0.2, 0.25) is 0 Å². The minimum atomic E-state index is -4.29. The van der Waals surface area contributed by atoms with Crippen LogP contribution >= 0.6 is 11.6 Å².